The number of nitrogens with zero attached hydrogens (tertiary/aromatic N) is 4. The molecule has 1 aliphatic rings. The van der Waals surface area contributed by atoms with E-state index >= 15 is 0 Å². The number of benzene rings is 2. The second-order valence-corrected chi connectivity index (χ2v) is 7.78. The molecule has 32 heavy (non-hydrogen) atoms. The zero-order valence-electron chi connectivity index (χ0n) is 18.3. The van der Waals surface area contributed by atoms with Crippen LogP contribution in [-0.4, -0.2) is 53.1 Å². The molecule has 0 amide bonds. The Labute approximate surface area is 187 Å². The summed E-state index contributed by atoms with van der Waals surface area (Å²) in [6, 6.07) is 19.9. The van der Waals surface area contributed by atoms with E-state index in [1.807, 2.05) is 66.2 Å². The Kier molecular flexibility index (Phi) is 5.64. The van der Waals surface area contributed by atoms with Gasteiger partial charge in [-0.25, -0.2) is 4.68 Å². The Morgan fingerprint density at radius 2 is 1.81 bits per heavy atom. The molecule has 0 saturated heterocycles. The number of methoxy groups -OCH3 is 1. The number of aryl methyl sites for hydroxylation is 1. The smallest absolute Gasteiger partial charge is 0.220 e. The van der Waals surface area contributed by atoms with Gasteiger partial charge in [0.2, 0.25) is 5.88 Å². The number of aromatic nitrogens is 3. The van der Waals surface area contributed by atoms with Gasteiger partial charge in [-0.15, -0.1) is 0 Å². The van der Waals surface area contributed by atoms with Crippen LogP contribution in [-0.2, 0) is 6.54 Å². The molecular weight excluding hydrogens is 404 g/mol. The van der Waals surface area contributed by atoms with E-state index in [1.165, 1.54) is 0 Å². The predicted molar refractivity (Wildman–Crippen MR) is 123 cm³/mol. The fraction of sp³-hybridized carbons (Fsp3) is 0.280. The van der Waals surface area contributed by atoms with Gasteiger partial charge in [0.15, 0.2) is 17.1 Å². The molecule has 1 aliphatic heterocycles. The molecule has 0 aliphatic carbocycles. The molecule has 2 aromatic heterocycles. The van der Waals surface area contributed by atoms with E-state index in [1.54, 1.807) is 7.11 Å². The number of rotatable bonds is 6. The summed E-state index contributed by atoms with van der Waals surface area (Å²) in [6.07, 6.45) is 0. The van der Waals surface area contributed by atoms with Crippen LogP contribution in [0.25, 0.3) is 16.7 Å². The Morgan fingerprint density at radius 3 is 2.62 bits per heavy atom. The van der Waals surface area contributed by atoms with Crippen LogP contribution >= 0.6 is 0 Å². The largest absolute Gasteiger partial charge is 0.493 e. The average Bonchev–Trinajstić information content (AvgIpc) is 3.01. The van der Waals surface area contributed by atoms with E-state index in [4.69, 9.17) is 24.3 Å². The number of hydrogen-bond acceptors (Lipinski definition) is 6. The Balaban J connectivity index is 1.35. The summed E-state index contributed by atoms with van der Waals surface area (Å²) in [4.78, 5) is 7.19. The van der Waals surface area contributed by atoms with Crippen LogP contribution in [0.5, 0.6) is 17.4 Å². The summed E-state index contributed by atoms with van der Waals surface area (Å²) in [5.41, 5.74) is 3.83. The third-order valence-corrected chi connectivity index (χ3v) is 5.66. The normalized spacial score (nSPS) is 13.9. The first-order valence-corrected chi connectivity index (χ1v) is 10.8. The maximum absolute atomic E-state index is 6.03. The molecule has 0 unspecified atom stereocenters. The molecule has 0 atom stereocenters. The number of para-hydroxylation sites is 3. The van der Waals surface area contributed by atoms with Crippen molar-refractivity contribution in [2.75, 3.05) is 33.4 Å². The molecule has 2 aromatic carbocycles. The minimum absolute atomic E-state index is 0.566. The molecule has 0 N–H and O–H groups in total. The van der Waals surface area contributed by atoms with Gasteiger partial charge in [-0.2, -0.15) is 10.1 Å². The van der Waals surface area contributed by atoms with Crippen LogP contribution < -0.4 is 14.2 Å². The van der Waals surface area contributed by atoms with Gasteiger partial charge < -0.3 is 14.2 Å². The molecule has 4 aromatic rings. The molecule has 0 radical (unpaired) electrons. The highest BCUT2D eigenvalue weighted by atomic mass is 16.5. The zero-order chi connectivity index (χ0) is 21.9. The average molecular weight is 431 g/mol. The summed E-state index contributed by atoms with van der Waals surface area (Å²) in [6.45, 7) is 5.51. The first kappa shape index (κ1) is 20.3. The fourth-order valence-corrected chi connectivity index (χ4v) is 4.00. The maximum atomic E-state index is 6.03. The van der Waals surface area contributed by atoms with Gasteiger partial charge in [-0.3, -0.25) is 4.90 Å². The second-order valence-electron chi connectivity index (χ2n) is 7.78. The summed E-state index contributed by atoms with van der Waals surface area (Å²) in [5, 5.41) is 5.77. The van der Waals surface area contributed by atoms with Crippen LogP contribution in [0.4, 0.5) is 0 Å². The van der Waals surface area contributed by atoms with Crippen molar-refractivity contribution in [1.29, 1.82) is 0 Å². The second kappa shape index (κ2) is 8.88. The first-order chi connectivity index (χ1) is 15.7. The lowest BCUT2D eigenvalue weighted by Crippen LogP contribution is -2.30. The van der Waals surface area contributed by atoms with Crippen LogP contribution in [0, 0.1) is 6.92 Å². The van der Waals surface area contributed by atoms with E-state index in [9.17, 15) is 0 Å². The molecule has 0 fully saturated rings. The van der Waals surface area contributed by atoms with Gasteiger partial charge in [0.25, 0.3) is 0 Å². The molecule has 164 valence electrons. The summed E-state index contributed by atoms with van der Waals surface area (Å²) in [5.74, 6) is 2.19. The van der Waals surface area contributed by atoms with Gasteiger partial charge >= 0.3 is 0 Å². The van der Waals surface area contributed by atoms with Crippen molar-refractivity contribution in [1.82, 2.24) is 19.7 Å². The van der Waals surface area contributed by atoms with E-state index in [-0.39, 0.29) is 0 Å². The van der Waals surface area contributed by atoms with E-state index in [2.05, 4.69) is 11.0 Å². The Hall–Kier alpha value is -3.58. The molecule has 5 rings (SSSR count). The van der Waals surface area contributed by atoms with Crippen molar-refractivity contribution in [3.05, 3.63) is 71.9 Å². The Bertz CT molecular complexity index is 1220. The lowest BCUT2D eigenvalue weighted by molar-refractivity contribution is 0.183. The fourth-order valence-electron chi connectivity index (χ4n) is 4.00. The lowest BCUT2D eigenvalue weighted by Gasteiger charge is -2.19. The number of hydrogen-bond donors (Lipinski definition) is 0. The molecular formula is C25H26N4O3. The molecule has 7 heteroatoms. The topological polar surface area (TPSA) is 61.6 Å². The van der Waals surface area contributed by atoms with Crippen LogP contribution in [0.15, 0.2) is 60.7 Å². The predicted octanol–water partition coefficient (Wildman–Crippen LogP) is 4.01. The highest BCUT2D eigenvalue weighted by Crippen LogP contribution is 2.29. The highest BCUT2D eigenvalue weighted by Gasteiger charge is 2.21. The van der Waals surface area contributed by atoms with Gasteiger partial charge in [-0.1, -0.05) is 30.3 Å². The SMILES string of the molecule is COc1ccccc1OCCN1CCOc2nc3c(cc2C1)c(C)nn3-c1ccccc1. The molecule has 7 nitrogen and oxygen atoms in total. The quantitative estimate of drug-likeness (QED) is 0.461. The summed E-state index contributed by atoms with van der Waals surface area (Å²) < 4.78 is 19.3. The number of ether oxygens (including phenoxy) is 3. The van der Waals surface area contributed by atoms with E-state index in [0.717, 1.165) is 59.1 Å². The lowest BCUT2D eigenvalue weighted by atomic mass is 10.2. The number of fused-ring (bicyclic) bond motifs is 2. The van der Waals surface area contributed by atoms with Crippen LogP contribution in [0.1, 0.15) is 11.3 Å². The van der Waals surface area contributed by atoms with Crippen molar-refractivity contribution in [3.8, 4) is 23.1 Å². The van der Waals surface area contributed by atoms with Crippen LogP contribution in [0.2, 0.25) is 0 Å². The van der Waals surface area contributed by atoms with Gasteiger partial charge in [0.1, 0.15) is 13.2 Å². The van der Waals surface area contributed by atoms with E-state index in [0.29, 0.717) is 19.1 Å². The highest BCUT2D eigenvalue weighted by molar-refractivity contribution is 5.81. The monoisotopic (exact) mass is 430 g/mol. The van der Waals surface area contributed by atoms with E-state index < -0.39 is 0 Å². The molecule has 0 spiro atoms. The maximum Gasteiger partial charge on any atom is 0.220 e. The Morgan fingerprint density at radius 1 is 1.03 bits per heavy atom. The van der Waals surface area contributed by atoms with Crippen LogP contribution in [0.3, 0.4) is 0 Å². The minimum atomic E-state index is 0.566. The first-order valence-electron chi connectivity index (χ1n) is 10.8. The summed E-state index contributed by atoms with van der Waals surface area (Å²) in [7, 11) is 1.65. The zero-order valence-corrected chi connectivity index (χ0v) is 18.3. The molecule has 0 bridgehead atoms. The van der Waals surface area contributed by atoms with Gasteiger partial charge in [-0.05, 0) is 37.3 Å². The third-order valence-electron chi connectivity index (χ3n) is 5.66. The third kappa shape index (κ3) is 3.99. The van der Waals surface area contributed by atoms with Crippen molar-refractivity contribution in [2.45, 2.75) is 13.5 Å². The molecule has 3 heterocycles. The number of pyridine rings is 1. The van der Waals surface area contributed by atoms with Crippen molar-refractivity contribution >= 4 is 11.0 Å². The van der Waals surface area contributed by atoms with Crippen molar-refractivity contribution in [2.24, 2.45) is 0 Å². The van der Waals surface area contributed by atoms with Crippen molar-refractivity contribution < 1.29 is 14.2 Å². The summed E-state index contributed by atoms with van der Waals surface area (Å²) >= 11 is 0. The van der Waals surface area contributed by atoms with Crippen molar-refractivity contribution in [3.63, 3.8) is 0 Å². The van der Waals surface area contributed by atoms with Gasteiger partial charge in [0, 0.05) is 30.6 Å². The van der Waals surface area contributed by atoms with Gasteiger partial charge in [0.05, 0.1) is 18.5 Å². The minimum Gasteiger partial charge on any atom is -0.493 e. The molecule has 0 saturated carbocycles. The standard InChI is InChI=1S/C25H26N4O3/c1-18-21-16-19-17-28(12-14-31-23-11-7-6-10-22(23)30-2)13-15-32-25(19)26-24(21)29(27-18)20-8-4-3-5-9-20/h3-11,16H,12-15,17H2,1-2H3.